The number of aromatic nitrogens is 1. The highest BCUT2D eigenvalue weighted by Gasteiger charge is 2.18. The topological polar surface area (TPSA) is 34.5 Å². The first-order valence-electron chi connectivity index (χ1n) is 8.66. The Labute approximate surface area is 141 Å². The number of para-hydroxylation sites is 1. The zero-order valence-corrected chi connectivity index (χ0v) is 14.7. The monoisotopic (exact) mass is 334 g/mol. The quantitative estimate of drug-likeness (QED) is 0.780. The second-order valence-electron chi connectivity index (χ2n) is 6.29. The third-order valence-electron chi connectivity index (χ3n) is 4.69. The Morgan fingerprint density at radius 2 is 2.00 bits per heavy atom. The maximum atomic E-state index is 12.1. The summed E-state index contributed by atoms with van der Waals surface area (Å²) in [4.78, 5) is 14.8. The summed E-state index contributed by atoms with van der Waals surface area (Å²) < 4.78 is 8.56. The van der Waals surface area contributed by atoms with Gasteiger partial charge in [0.25, 0.3) is 0 Å². The van der Waals surface area contributed by atoms with Crippen LogP contribution in [0, 0.1) is 5.92 Å². The molecule has 1 aromatic carbocycles. The van der Waals surface area contributed by atoms with E-state index in [0.717, 1.165) is 61.9 Å². The predicted octanol–water partition coefficient (Wildman–Crippen LogP) is 3.20. The first-order valence-corrected chi connectivity index (χ1v) is 9.48. The molecule has 0 saturated carbocycles. The molecule has 5 heteroatoms. The number of benzene rings is 1. The number of piperidine rings is 1. The van der Waals surface area contributed by atoms with Crippen molar-refractivity contribution in [2.24, 2.45) is 5.92 Å². The number of ether oxygens (including phenoxy) is 1. The Morgan fingerprint density at radius 1 is 1.22 bits per heavy atom. The fourth-order valence-corrected chi connectivity index (χ4v) is 4.26. The van der Waals surface area contributed by atoms with Crippen molar-refractivity contribution in [2.45, 2.75) is 32.7 Å². The van der Waals surface area contributed by atoms with E-state index in [4.69, 9.17) is 4.74 Å². The van der Waals surface area contributed by atoms with Crippen LogP contribution in [-0.4, -0.2) is 42.3 Å². The summed E-state index contributed by atoms with van der Waals surface area (Å²) in [6, 6.07) is 8.08. The van der Waals surface area contributed by atoms with Crippen LogP contribution in [0.2, 0.25) is 0 Å². The fraction of sp³-hybridized carbons (Fsp3) is 0.611. The second kappa shape index (κ2) is 8.08. The molecule has 2 aromatic rings. The summed E-state index contributed by atoms with van der Waals surface area (Å²) in [7, 11) is 0. The number of hydrogen-bond donors (Lipinski definition) is 0. The van der Waals surface area contributed by atoms with Crippen LogP contribution in [0.4, 0.5) is 0 Å². The molecule has 0 amide bonds. The van der Waals surface area contributed by atoms with Gasteiger partial charge in [-0.25, -0.2) is 0 Å². The van der Waals surface area contributed by atoms with Gasteiger partial charge in [-0.15, -0.1) is 0 Å². The van der Waals surface area contributed by atoms with Crippen LogP contribution in [-0.2, 0) is 11.3 Å². The Morgan fingerprint density at radius 3 is 2.78 bits per heavy atom. The van der Waals surface area contributed by atoms with Crippen molar-refractivity contribution >= 4 is 21.6 Å². The van der Waals surface area contributed by atoms with Gasteiger partial charge in [-0.05, 0) is 63.9 Å². The summed E-state index contributed by atoms with van der Waals surface area (Å²) in [6.07, 6.45) is 3.51. The van der Waals surface area contributed by atoms with Gasteiger partial charge in [0.05, 0.1) is 10.2 Å². The molecular formula is C18H26N2O2S. The van der Waals surface area contributed by atoms with Gasteiger partial charge in [0.15, 0.2) is 0 Å². The molecule has 1 saturated heterocycles. The molecule has 4 nitrogen and oxygen atoms in total. The number of likely N-dealkylation sites (tertiary alicyclic amines) is 1. The maximum Gasteiger partial charge on any atom is 0.308 e. The molecule has 1 aromatic heterocycles. The van der Waals surface area contributed by atoms with Crippen LogP contribution in [0.25, 0.3) is 10.2 Å². The molecule has 0 N–H and O–H groups in total. The van der Waals surface area contributed by atoms with Crippen molar-refractivity contribution in [2.75, 3.05) is 32.8 Å². The van der Waals surface area contributed by atoms with Gasteiger partial charge in [-0.1, -0.05) is 23.5 Å². The third-order valence-corrected chi connectivity index (χ3v) is 5.65. The average Bonchev–Trinajstić information content (AvgIpc) is 2.90. The molecule has 1 fully saturated rings. The van der Waals surface area contributed by atoms with Crippen LogP contribution in [0.1, 0.15) is 26.2 Å². The fourth-order valence-electron chi connectivity index (χ4n) is 3.34. The SMILES string of the molecule is CCOCC1CCN(CCCn2c(=O)sc3ccccc32)CC1. The zero-order chi connectivity index (χ0) is 16.1. The van der Waals surface area contributed by atoms with E-state index in [0.29, 0.717) is 0 Å². The van der Waals surface area contributed by atoms with Crippen molar-refractivity contribution in [3.8, 4) is 0 Å². The Hall–Kier alpha value is -1.17. The molecule has 2 heterocycles. The predicted molar refractivity (Wildman–Crippen MR) is 96.4 cm³/mol. The minimum atomic E-state index is 0.168. The standard InChI is InChI=1S/C18H26N2O2S/c1-2-22-14-15-8-12-19(13-9-15)10-5-11-20-16-6-3-4-7-17(16)23-18(20)21/h3-4,6-7,15H,2,5,8-14H2,1H3. The van der Waals surface area contributed by atoms with E-state index in [-0.39, 0.29) is 4.87 Å². The van der Waals surface area contributed by atoms with Gasteiger partial charge in [-0.3, -0.25) is 9.36 Å². The van der Waals surface area contributed by atoms with Crippen molar-refractivity contribution < 1.29 is 4.74 Å². The molecule has 0 spiro atoms. The maximum absolute atomic E-state index is 12.1. The van der Waals surface area contributed by atoms with Crippen molar-refractivity contribution in [3.05, 3.63) is 33.9 Å². The smallest absolute Gasteiger partial charge is 0.308 e. The zero-order valence-electron chi connectivity index (χ0n) is 13.9. The largest absolute Gasteiger partial charge is 0.381 e. The van der Waals surface area contributed by atoms with Crippen LogP contribution < -0.4 is 4.87 Å². The highest BCUT2D eigenvalue weighted by atomic mass is 32.1. The minimum absolute atomic E-state index is 0.168. The number of rotatable bonds is 7. The van der Waals surface area contributed by atoms with Crippen LogP contribution in [0.3, 0.4) is 0 Å². The molecule has 126 valence electrons. The van der Waals surface area contributed by atoms with E-state index in [1.165, 1.54) is 24.2 Å². The molecule has 0 aliphatic carbocycles. The average molecular weight is 334 g/mol. The van der Waals surface area contributed by atoms with E-state index >= 15 is 0 Å². The van der Waals surface area contributed by atoms with Crippen LogP contribution in [0.15, 0.2) is 29.1 Å². The highest BCUT2D eigenvalue weighted by molar-refractivity contribution is 7.16. The van der Waals surface area contributed by atoms with Gasteiger partial charge in [0.1, 0.15) is 0 Å². The Kier molecular flexibility index (Phi) is 5.86. The molecule has 1 aliphatic rings. The summed E-state index contributed by atoms with van der Waals surface area (Å²) in [5, 5.41) is 0. The van der Waals surface area contributed by atoms with Gasteiger partial charge in [0.2, 0.25) is 0 Å². The Balaban J connectivity index is 1.47. The van der Waals surface area contributed by atoms with E-state index in [1.807, 2.05) is 28.8 Å². The minimum Gasteiger partial charge on any atom is -0.381 e. The van der Waals surface area contributed by atoms with Gasteiger partial charge < -0.3 is 9.64 Å². The summed E-state index contributed by atoms with van der Waals surface area (Å²) in [5.41, 5.74) is 1.08. The molecule has 0 radical (unpaired) electrons. The molecule has 0 bridgehead atoms. The van der Waals surface area contributed by atoms with Crippen LogP contribution in [0.5, 0.6) is 0 Å². The molecule has 1 aliphatic heterocycles. The second-order valence-corrected chi connectivity index (χ2v) is 7.28. The number of aryl methyl sites for hydroxylation is 1. The highest BCUT2D eigenvalue weighted by Crippen LogP contribution is 2.19. The van der Waals surface area contributed by atoms with Gasteiger partial charge in [0, 0.05) is 19.8 Å². The van der Waals surface area contributed by atoms with E-state index in [1.54, 1.807) is 0 Å². The number of nitrogens with zero attached hydrogens (tertiary/aromatic N) is 2. The Bertz CT molecular complexity index is 671. The first-order chi connectivity index (χ1) is 11.3. The lowest BCUT2D eigenvalue weighted by atomic mass is 9.98. The van der Waals surface area contributed by atoms with E-state index < -0.39 is 0 Å². The summed E-state index contributed by atoms with van der Waals surface area (Å²) >= 11 is 1.35. The van der Waals surface area contributed by atoms with Crippen molar-refractivity contribution in [1.82, 2.24) is 9.47 Å². The number of thiazole rings is 1. The molecule has 23 heavy (non-hydrogen) atoms. The first kappa shape index (κ1) is 16.7. The van der Waals surface area contributed by atoms with Crippen molar-refractivity contribution in [1.29, 1.82) is 0 Å². The lowest BCUT2D eigenvalue weighted by molar-refractivity contribution is 0.0736. The summed E-state index contributed by atoms with van der Waals surface area (Å²) in [6.45, 7) is 8.03. The summed E-state index contributed by atoms with van der Waals surface area (Å²) in [5.74, 6) is 0.731. The van der Waals surface area contributed by atoms with Crippen LogP contribution >= 0.6 is 11.3 Å². The molecular weight excluding hydrogens is 308 g/mol. The lowest BCUT2D eigenvalue weighted by Gasteiger charge is -2.31. The molecule has 3 rings (SSSR count). The van der Waals surface area contributed by atoms with E-state index in [9.17, 15) is 4.79 Å². The van der Waals surface area contributed by atoms with Gasteiger partial charge >= 0.3 is 4.87 Å². The van der Waals surface area contributed by atoms with E-state index in [2.05, 4.69) is 11.8 Å². The van der Waals surface area contributed by atoms with Crippen molar-refractivity contribution in [3.63, 3.8) is 0 Å². The number of hydrogen-bond acceptors (Lipinski definition) is 4. The molecule has 0 unspecified atom stereocenters. The third kappa shape index (κ3) is 4.22. The number of fused-ring (bicyclic) bond motifs is 1. The normalized spacial score (nSPS) is 17.1. The molecule has 0 atom stereocenters. The lowest BCUT2D eigenvalue weighted by Crippen LogP contribution is -2.36. The van der Waals surface area contributed by atoms with Gasteiger partial charge in [-0.2, -0.15) is 0 Å².